The van der Waals surface area contributed by atoms with Crippen molar-refractivity contribution in [1.29, 1.82) is 0 Å². The molecule has 0 bridgehead atoms. The van der Waals surface area contributed by atoms with Crippen molar-refractivity contribution in [2.24, 2.45) is 11.8 Å². The summed E-state index contributed by atoms with van der Waals surface area (Å²) >= 11 is 0. The first kappa shape index (κ1) is 17.0. The minimum atomic E-state index is 0.319. The van der Waals surface area contributed by atoms with Gasteiger partial charge in [-0.1, -0.05) is 47.5 Å². The molecule has 114 valence electrons. The van der Waals surface area contributed by atoms with Gasteiger partial charge in [-0.3, -0.25) is 4.90 Å². The zero-order chi connectivity index (χ0) is 14.5. The van der Waals surface area contributed by atoms with Gasteiger partial charge >= 0.3 is 0 Å². The average Bonchev–Trinajstić information content (AvgIpc) is 2.38. The second-order valence-corrected chi connectivity index (χ2v) is 7.19. The van der Waals surface area contributed by atoms with Crippen molar-refractivity contribution in [3.05, 3.63) is 0 Å². The van der Waals surface area contributed by atoms with Crippen LogP contribution in [-0.2, 0) is 0 Å². The molecule has 2 atom stereocenters. The maximum absolute atomic E-state index is 3.80. The lowest BCUT2D eigenvalue weighted by atomic mass is 9.89. The van der Waals surface area contributed by atoms with Gasteiger partial charge in [-0.2, -0.15) is 0 Å². The van der Waals surface area contributed by atoms with E-state index in [1.54, 1.807) is 0 Å². The van der Waals surface area contributed by atoms with E-state index in [9.17, 15) is 0 Å². The third-order valence-electron chi connectivity index (χ3n) is 5.00. The molecule has 0 aliphatic carbocycles. The summed E-state index contributed by atoms with van der Waals surface area (Å²) in [6.45, 7) is 17.8. The van der Waals surface area contributed by atoms with Crippen molar-refractivity contribution in [3.63, 3.8) is 0 Å². The Balaban J connectivity index is 2.70. The van der Waals surface area contributed by atoms with Gasteiger partial charge in [-0.25, -0.2) is 0 Å². The van der Waals surface area contributed by atoms with E-state index >= 15 is 0 Å². The van der Waals surface area contributed by atoms with Crippen molar-refractivity contribution in [2.75, 3.05) is 19.6 Å². The highest BCUT2D eigenvalue weighted by Crippen LogP contribution is 2.24. The molecule has 0 amide bonds. The van der Waals surface area contributed by atoms with E-state index < -0.39 is 0 Å². The molecule has 0 aromatic rings. The summed E-state index contributed by atoms with van der Waals surface area (Å²) < 4.78 is 0. The normalized spacial score (nSPS) is 29.4. The molecule has 1 aliphatic heterocycles. The molecule has 2 unspecified atom stereocenters. The van der Waals surface area contributed by atoms with E-state index in [0.717, 1.165) is 17.9 Å². The van der Waals surface area contributed by atoms with Crippen molar-refractivity contribution < 1.29 is 0 Å². The van der Waals surface area contributed by atoms with Crippen LogP contribution in [0.4, 0.5) is 0 Å². The molecule has 2 nitrogen and oxygen atoms in total. The zero-order valence-electron chi connectivity index (χ0n) is 14.1. The lowest BCUT2D eigenvalue weighted by Crippen LogP contribution is -2.63. The molecule has 1 rings (SSSR count). The van der Waals surface area contributed by atoms with E-state index in [2.05, 4.69) is 51.8 Å². The van der Waals surface area contributed by atoms with Crippen LogP contribution in [0.3, 0.4) is 0 Å². The van der Waals surface area contributed by atoms with Gasteiger partial charge in [0.15, 0.2) is 0 Å². The average molecular weight is 268 g/mol. The fourth-order valence-electron chi connectivity index (χ4n) is 3.23. The number of hydrogen-bond donors (Lipinski definition) is 1. The highest BCUT2D eigenvalue weighted by atomic mass is 15.3. The Morgan fingerprint density at radius 3 is 2.32 bits per heavy atom. The second-order valence-electron chi connectivity index (χ2n) is 7.19. The Hall–Kier alpha value is -0.0800. The summed E-state index contributed by atoms with van der Waals surface area (Å²) in [7, 11) is 0. The van der Waals surface area contributed by atoms with Gasteiger partial charge in [0.2, 0.25) is 0 Å². The van der Waals surface area contributed by atoms with Crippen LogP contribution >= 0.6 is 0 Å². The first-order valence-corrected chi connectivity index (χ1v) is 8.43. The van der Waals surface area contributed by atoms with Gasteiger partial charge in [-0.15, -0.1) is 0 Å². The number of nitrogens with zero attached hydrogens (tertiary/aromatic N) is 1. The minimum absolute atomic E-state index is 0.319. The maximum atomic E-state index is 3.80. The fourth-order valence-corrected chi connectivity index (χ4v) is 3.23. The largest absolute Gasteiger partial charge is 0.309 e. The van der Waals surface area contributed by atoms with E-state index in [1.807, 2.05) is 0 Å². The van der Waals surface area contributed by atoms with Crippen LogP contribution in [0.15, 0.2) is 0 Å². The first-order chi connectivity index (χ1) is 8.94. The molecular weight excluding hydrogens is 232 g/mol. The van der Waals surface area contributed by atoms with Crippen molar-refractivity contribution in [1.82, 2.24) is 10.2 Å². The molecule has 19 heavy (non-hydrogen) atoms. The van der Waals surface area contributed by atoms with E-state index in [4.69, 9.17) is 0 Å². The first-order valence-electron chi connectivity index (χ1n) is 8.43. The van der Waals surface area contributed by atoms with Crippen LogP contribution < -0.4 is 5.32 Å². The second kappa shape index (κ2) is 7.64. The Kier molecular flexibility index (Phi) is 6.82. The summed E-state index contributed by atoms with van der Waals surface area (Å²) in [5.41, 5.74) is 0.319. The van der Waals surface area contributed by atoms with Gasteiger partial charge in [-0.05, 0) is 31.6 Å². The van der Waals surface area contributed by atoms with Crippen LogP contribution in [-0.4, -0.2) is 36.1 Å². The summed E-state index contributed by atoms with van der Waals surface area (Å²) in [5, 5.41) is 3.80. The lowest BCUT2D eigenvalue weighted by Gasteiger charge is -2.47. The molecule has 0 saturated carbocycles. The van der Waals surface area contributed by atoms with Crippen LogP contribution in [0.25, 0.3) is 0 Å². The summed E-state index contributed by atoms with van der Waals surface area (Å²) in [5.74, 6) is 1.66. The maximum Gasteiger partial charge on any atom is 0.0278 e. The summed E-state index contributed by atoms with van der Waals surface area (Å²) in [6.07, 6.45) is 5.18. The Morgan fingerprint density at radius 1 is 1.21 bits per heavy atom. The van der Waals surface area contributed by atoms with E-state index in [0.29, 0.717) is 5.54 Å². The van der Waals surface area contributed by atoms with Gasteiger partial charge in [0.25, 0.3) is 0 Å². The number of hydrogen-bond acceptors (Lipinski definition) is 2. The lowest BCUT2D eigenvalue weighted by molar-refractivity contribution is 0.0578. The zero-order valence-corrected chi connectivity index (χ0v) is 14.1. The van der Waals surface area contributed by atoms with Gasteiger partial charge in [0.1, 0.15) is 0 Å². The van der Waals surface area contributed by atoms with Crippen molar-refractivity contribution >= 4 is 0 Å². The molecule has 0 aromatic carbocycles. The minimum Gasteiger partial charge on any atom is -0.309 e. The number of nitrogens with one attached hydrogen (secondary N) is 1. The monoisotopic (exact) mass is 268 g/mol. The highest BCUT2D eigenvalue weighted by Gasteiger charge is 2.35. The van der Waals surface area contributed by atoms with Gasteiger partial charge < -0.3 is 5.32 Å². The van der Waals surface area contributed by atoms with Gasteiger partial charge in [0.05, 0.1) is 0 Å². The molecule has 1 N–H and O–H groups in total. The fraction of sp³-hybridized carbons (Fsp3) is 1.00. The Bertz CT molecular complexity index is 248. The molecule has 0 radical (unpaired) electrons. The van der Waals surface area contributed by atoms with E-state index in [-0.39, 0.29) is 0 Å². The number of rotatable bonds is 7. The highest BCUT2D eigenvalue weighted by molar-refractivity contribution is 4.95. The summed E-state index contributed by atoms with van der Waals surface area (Å²) in [6, 6.07) is 0.736. The van der Waals surface area contributed by atoms with E-state index in [1.165, 1.54) is 45.3 Å². The van der Waals surface area contributed by atoms with Crippen molar-refractivity contribution in [2.45, 2.75) is 78.8 Å². The third-order valence-corrected chi connectivity index (χ3v) is 5.00. The molecule has 2 heteroatoms. The molecule has 1 heterocycles. The van der Waals surface area contributed by atoms with Crippen LogP contribution in [0, 0.1) is 11.8 Å². The summed E-state index contributed by atoms with van der Waals surface area (Å²) in [4.78, 5) is 2.79. The van der Waals surface area contributed by atoms with Crippen LogP contribution in [0.2, 0.25) is 0 Å². The third kappa shape index (κ3) is 5.07. The molecule has 1 saturated heterocycles. The smallest absolute Gasteiger partial charge is 0.0278 e. The predicted octanol–water partition coefficient (Wildman–Crippen LogP) is 3.91. The molecule has 1 aliphatic rings. The molecular formula is C17H36N2. The molecule has 0 aromatic heterocycles. The number of piperazine rings is 1. The van der Waals surface area contributed by atoms with Crippen LogP contribution in [0.5, 0.6) is 0 Å². The SMILES string of the molecule is CCC(CC)CN1CC(C)(CC)NCC1CC(C)C. The Labute approximate surface area is 121 Å². The molecule has 1 fully saturated rings. The van der Waals surface area contributed by atoms with Gasteiger partial charge in [0, 0.05) is 31.2 Å². The quantitative estimate of drug-likeness (QED) is 0.753. The Morgan fingerprint density at radius 2 is 1.84 bits per heavy atom. The standard InChI is InChI=1S/C17H36N2/c1-7-15(8-2)12-19-13-17(6,9-3)18-11-16(19)10-14(4)5/h14-16,18H,7-13H2,1-6H3. The predicted molar refractivity (Wildman–Crippen MR) is 85.6 cm³/mol. The topological polar surface area (TPSA) is 15.3 Å². The van der Waals surface area contributed by atoms with Crippen LogP contribution in [0.1, 0.15) is 67.2 Å². The van der Waals surface area contributed by atoms with Crippen molar-refractivity contribution in [3.8, 4) is 0 Å². The molecule has 0 spiro atoms.